The predicted octanol–water partition coefficient (Wildman–Crippen LogP) is 4.51. The van der Waals surface area contributed by atoms with Crippen LogP contribution in [0, 0.1) is 0 Å². The van der Waals surface area contributed by atoms with Crippen molar-refractivity contribution in [2.45, 2.75) is 0 Å². The number of carbonyl (C=O) groups is 1. The minimum absolute atomic E-state index is 0.139. The second-order valence-corrected chi connectivity index (χ2v) is 5.40. The van der Waals surface area contributed by atoms with Gasteiger partial charge in [-0.25, -0.2) is 0 Å². The number of carbonyl (C=O) groups excluding carboxylic acids is 1. The van der Waals surface area contributed by atoms with Crippen molar-refractivity contribution in [3.8, 4) is 23.0 Å². The van der Waals surface area contributed by atoms with Gasteiger partial charge in [0, 0.05) is 0 Å². The number of nitrogens with one attached hydrogen (secondary N) is 1. The maximum Gasteiger partial charge on any atom is 0.262 e. The molecule has 0 unspecified atom stereocenters. The zero-order valence-corrected chi connectivity index (χ0v) is 14.3. The molecule has 0 aliphatic rings. The summed E-state index contributed by atoms with van der Waals surface area (Å²) in [6, 6.07) is 23.8. The van der Waals surface area contributed by atoms with Crippen molar-refractivity contribution in [3.05, 3.63) is 78.9 Å². The van der Waals surface area contributed by atoms with Crippen LogP contribution in [0.5, 0.6) is 23.0 Å². The summed E-state index contributed by atoms with van der Waals surface area (Å²) in [5.74, 6) is 2.05. The highest BCUT2D eigenvalue weighted by Gasteiger charge is 2.10. The van der Waals surface area contributed by atoms with E-state index in [1.165, 1.54) is 0 Å². The summed E-state index contributed by atoms with van der Waals surface area (Å²) in [6.07, 6.45) is 0. The van der Waals surface area contributed by atoms with Crippen molar-refractivity contribution in [2.24, 2.45) is 0 Å². The summed E-state index contributed by atoms with van der Waals surface area (Å²) < 4.78 is 16.6. The van der Waals surface area contributed by atoms with Crippen molar-refractivity contribution in [3.63, 3.8) is 0 Å². The van der Waals surface area contributed by atoms with Gasteiger partial charge in [0.2, 0.25) is 0 Å². The molecule has 0 fully saturated rings. The van der Waals surface area contributed by atoms with Gasteiger partial charge in [0.25, 0.3) is 5.91 Å². The molecule has 0 aromatic heterocycles. The Hall–Kier alpha value is -3.47. The van der Waals surface area contributed by atoms with Gasteiger partial charge in [0.15, 0.2) is 23.9 Å². The van der Waals surface area contributed by atoms with Crippen molar-refractivity contribution in [1.29, 1.82) is 0 Å². The Morgan fingerprint density at radius 3 is 2.15 bits per heavy atom. The average molecular weight is 349 g/mol. The molecule has 0 atom stereocenters. The Balaban J connectivity index is 1.64. The van der Waals surface area contributed by atoms with Gasteiger partial charge in [-0.3, -0.25) is 4.79 Å². The molecule has 1 N–H and O–H groups in total. The van der Waals surface area contributed by atoms with E-state index in [2.05, 4.69) is 5.32 Å². The fourth-order valence-electron chi connectivity index (χ4n) is 2.34. The molecule has 3 aromatic rings. The molecular formula is C21H19NO4. The van der Waals surface area contributed by atoms with E-state index in [0.717, 1.165) is 0 Å². The zero-order valence-electron chi connectivity index (χ0n) is 14.3. The molecule has 0 heterocycles. The normalized spacial score (nSPS) is 10.0. The summed E-state index contributed by atoms with van der Waals surface area (Å²) in [5, 5.41) is 2.81. The summed E-state index contributed by atoms with van der Waals surface area (Å²) >= 11 is 0. The Kier molecular flexibility index (Phi) is 5.72. The average Bonchev–Trinajstić information content (AvgIpc) is 2.69. The van der Waals surface area contributed by atoms with E-state index >= 15 is 0 Å². The van der Waals surface area contributed by atoms with Crippen LogP contribution in [-0.2, 0) is 4.79 Å². The van der Waals surface area contributed by atoms with Crippen LogP contribution in [0.4, 0.5) is 5.69 Å². The Bertz CT molecular complexity index is 865. The first-order chi connectivity index (χ1) is 12.8. The lowest BCUT2D eigenvalue weighted by Crippen LogP contribution is -2.20. The summed E-state index contributed by atoms with van der Waals surface area (Å²) in [7, 11) is 1.55. The highest BCUT2D eigenvalue weighted by molar-refractivity contribution is 5.93. The lowest BCUT2D eigenvalue weighted by Gasteiger charge is -2.13. The molecule has 0 spiro atoms. The first kappa shape index (κ1) is 17.4. The van der Waals surface area contributed by atoms with Gasteiger partial charge in [0.1, 0.15) is 5.75 Å². The fourth-order valence-corrected chi connectivity index (χ4v) is 2.34. The highest BCUT2D eigenvalue weighted by atomic mass is 16.5. The third-order valence-electron chi connectivity index (χ3n) is 3.56. The number of ether oxygens (including phenoxy) is 3. The summed E-state index contributed by atoms with van der Waals surface area (Å²) in [6.45, 7) is -0.139. The molecule has 0 aliphatic heterocycles. The van der Waals surface area contributed by atoms with Gasteiger partial charge in [-0.05, 0) is 36.4 Å². The Morgan fingerprint density at radius 2 is 1.42 bits per heavy atom. The lowest BCUT2D eigenvalue weighted by molar-refractivity contribution is -0.118. The molecule has 26 heavy (non-hydrogen) atoms. The summed E-state index contributed by atoms with van der Waals surface area (Å²) in [5.41, 5.74) is 0.574. The summed E-state index contributed by atoms with van der Waals surface area (Å²) in [4.78, 5) is 12.3. The topological polar surface area (TPSA) is 56.8 Å². The molecule has 0 aliphatic carbocycles. The predicted molar refractivity (Wildman–Crippen MR) is 100 cm³/mol. The van der Waals surface area contributed by atoms with Gasteiger partial charge >= 0.3 is 0 Å². The van der Waals surface area contributed by atoms with Crippen LogP contribution >= 0.6 is 0 Å². The van der Waals surface area contributed by atoms with Gasteiger partial charge in [0.05, 0.1) is 12.8 Å². The van der Waals surface area contributed by atoms with E-state index in [4.69, 9.17) is 14.2 Å². The monoisotopic (exact) mass is 349 g/mol. The third-order valence-corrected chi connectivity index (χ3v) is 3.56. The standard InChI is InChI=1S/C21H19NO4/c1-24-19-13-7-8-14-20(19)25-15-21(23)22-17-11-5-6-12-18(17)26-16-9-3-2-4-10-16/h2-14H,15H2,1H3,(H,22,23). The largest absolute Gasteiger partial charge is 0.493 e. The van der Waals surface area contributed by atoms with Crippen LogP contribution in [0.3, 0.4) is 0 Å². The van der Waals surface area contributed by atoms with Gasteiger partial charge < -0.3 is 19.5 Å². The van der Waals surface area contributed by atoms with Crippen LogP contribution in [0.25, 0.3) is 0 Å². The van der Waals surface area contributed by atoms with E-state index in [1.807, 2.05) is 54.6 Å². The molecule has 1 amide bonds. The fraction of sp³-hybridized carbons (Fsp3) is 0.0952. The van der Waals surface area contributed by atoms with E-state index in [-0.39, 0.29) is 12.5 Å². The number of methoxy groups -OCH3 is 1. The van der Waals surface area contributed by atoms with Crippen molar-refractivity contribution in [2.75, 3.05) is 19.0 Å². The van der Waals surface area contributed by atoms with Crippen LogP contribution in [-0.4, -0.2) is 19.6 Å². The zero-order chi connectivity index (χ0) is 18.2. The molecule has 0 saturated heterocycles. The van der Waals surface area contributed by atoms with Crippen LogP contribution in [0.1, 0.15) is 0 Å². The number of rotatable bonds is 7. The van der Waals surface area contributed by atoms with Gasteiger partial charge in [-0.2, -0.15) is 0 Å². The van der Waals surface area contributed by atoms with Crippen LogP contribution in [0.2, 0.25) is 0 Å². The maximum absolute atomic E-state index is 12.3. The number of benzene rings is 3. The molecule has 132 valence electrons. The van der Waals surface area contributed by atoms with Gasteiger partial charge in [-0.1, -0.05) is 42.5 Å². The van der Waals surface area contributed by atoms with E-state index < -0.39 is 0 Å². The number of hydrogen-bond acceptors (Lipinski definition) is 4. The quantitative estimate of drug-likeness (QED) is 0.682. The van der Waals surface area contributed by atoms with Crippen molar-refractivity contribution < 1.29 is 19.0 Å². The number of para-hydroxylation sites is 5. The molecule has 5 heteroatoms. The van der Waals surface area contributed by atoms with Crippen molar-refractivity contribution in [1.82, 2.24) is 0 Å². The molecule has 0 bridgehead atoms. The number of anilines is 1. The van der Waals surface area contributed by atoms with E-state index in [9.17, 15) is 4.79 Å². The molecule has 0 saturated carbocycles. The molecule has 0 radical (unpaired) electrons. The second-order valence-electron chi connectivity index (χ2n) is 5.40. The first-order valence-corrected chi connectivity index (χ1v) is 8.14. The minimum atomic E-state index is -0.292. The van der Waals surface area contributed by atoms with Gasteiger partial charge in [-0.15, -0.1) is 0 Å². The molecular weight excluding hydrogens is 330 g/mol. The van der Waals surface area contributed by atoms with Crippen LogP contribution < -0.4 is 19.5 Å². The smallest absolute Gasteiger partial charge is 0.262 e. The molecule has 3 rings (SSSR count). The Labute approximate surface area is 152 Å². The maximum atomic E-state index is 12.3. The highest BCUT2D eigenvalue weighted by Crippen LogP contribution is 2.29. The van der Waals surface area contributed by atoms with Crippen LogP contribution in [0.15, 0.2) is 78.9 Å². The third kappa shape index (κ3) is 4.54. The number of hydrogen-bond donors (Lipinski definition) is 1. The molecule has 3 aromatic carbocycles. The minimum Gasteiger partial charge on any atom is -0.493 e. The molecule has 5 nitrogen and oxygen atoms in total. The lowest BCUT2D eigenvalue weighted by atomic mass is 10.3. The second kappa shape index (κ2) is 8.58. The van der Waals surface area contributed by atoms with E-state index in [1.54, 1.807) is 31.4 Å². The SMILES string of the molecule is COc1ccccc1OCC(=O)Nc1ccccc1Oc1ccccc1. The first-order valence-electron chi connectivity index (χ1n) is 8.14. The van der Waals surface area contributed by atoms with E-state index in [0.29, 0.717) is 28.7 Å². The Morgan fingerprint density at radius 1 is 0.808 bits per heavy atom. The number of amides is 1. The van der Waals surface area contributed by atoms with Crippen molar-refractivity contribution >= 4 is 11.6 Å².